The van der Waals surface area contributed by atoms with Crippen molar-refractivity contribution >= 4 is 50.2 Å². The van der Waals surface area contributed by atoms with E-state index in [-0.39, 0.29) is 11.8 Å². The van der Waals surface area contributed by atoms with Gasteiger partial charge >= 0.3 is 0 Å². The molecule has 2 heterocycles. The second-order valence-electron chi connectivity index (χ2n) is 6.24. The molecule has 1 aromatic carbocycles. The van der Waals surface area contributed by atoms with Crippen molar-refractivity contribution in [2.75, 3.05) is 5.32 Å². The number of fused-ring (bicyclic) bond motifs is 1. The molecule has 0 saturated heterocycles. The SMILES string of the molecule is Cc1nn(C)c2nc(C(C)C)cc(C(=O)Nc3ccc(Br)cc3Cl)c12. The summed E-state index contributed by atoms with van der Waals surface area (Å²) in [5.74, 6) is -0.0305. The van der Waals surface area contributed by atoms with E-state index in [1.807, 2.05) is 40.0 Å². The first-order valence-electron chi connectivity index (χ1n) is 7.88. The van der Waals surface area contributed by atoms with E-state index in [0.29, 0.717) is 21.9 Å². The molecule has 7 heteroatoms. The minimum absolute atomic E-state index is 0.197. The standard InChI is InChI=1S/C18H18BrClN4O/c1-9(2)15-8-12(16-10(3)23-24(4)17(16)21-15)18(25)22-14-6-5-11(19)7-13(14)20/h5-9H,1-4H3,(H,22,25). The van der Waals surface area contributed by atoms with E-state index >= 15 is 0 Å². The minimum Gasteiger partial charge on any atom is -0.321 e. The largest absolute Gasteiger partial charge is 0.321 e. The van der Waals surface area contributed by atoms with Crippen LogP contribution in [0.25, 0.3) is 11.0 Å². The van der Waals surface area contributed by atoms with E-state index in [4.69, 9.17) is 11.6 Å². The van der Waals surface area contributed by atoms with Crippen LogP contribution < -0.4 is 5.32 Å². The lowest BCUT2D eigenvalue weighted by molar-refractivity contribution is 0.102. The number of pyridine rings is 1. The van der Waals surface area contributed by atoms with Crippen molar-refractivity contribution in [2.45, 2.75) is 26.7 Å². The summed E-state index contributed by atoms with van der Waals surface area (Å²) in [5.41, 5.74) is 3.44. The van der Waals surface area contributed by atoms with E-state index in [1.165, 1.54) is 0 Å². The number of carbonyl (C=O) groups is 1. The fourth-order valence-electron chi connectivity index (χ4n) is 2.72. The lowest BCUT2D eigenvalue weighted by Gasteiger charge is -2.12. The number of benzene rings is 1. The average Bonchev–Trinajstić information content (AvgIpc) is 2.83. The van der Waals surface area contributed by atoms with Gasteiger partial charge in [0.2, 0.25) is 0 Å². The summed E-state index contributed by atoms with van der Waals surface area (Å²) in [5, 5.41) is 8.54. The Morgan fingerprint density at radius 1 is 1.32 bits per heavy atom. The Bertz CT molecular complexity index is 981. The molecular weight excluding hydrogens is 404 g/mol. The van der Waals surface area contributed by atoms with Crippen LogP contribution in [0.3, 0.4) is 0 Å². The van der Waals surface area contributed by atoms with Crippen LogP contribution in [-0.4, -0.2) is 20.7 Å². The van der Waals surface area contributed by atoms with Gasteiger partial charge in [0, 0.05) is 17.2 Å². The first-order chi connectivity index (χ1) is 11.8. The summed E-state index contributed by atoms with van der Waals surface area (Å²) in [6.45, 7) is 5.97. The molecule has 0 aliphatic rings. The van der Waals surface area contributed by atoms with E-state index < -0.39 is 0 Å². The van der Waals surface area contributed by atoms with Gasteiger partial charge in [0.15, 0.2) is 5.65 Å². The van der Waals surface area contributed by atoms with Gasteiger partial charge in [-0.15, -0.1) is 0 Å². The topological polar surface area (TPSA) is 59.8 Å². The maximum atomic E-state index is 13.0. The van der Waals surface area contributed by atoms with Gasteiger partial charge < -0.3 is 5.32 Å². The Kier molecular flexibility index (Phi) is 4.84. The highest BCUT2D eigenvalue weighted by Crippen LogP contribution is 2.29. The molecule has 0 aliphatic heterocycles. The summed E-state index contributed by atoms with van der Waals surface area (Å²) >= 11 is 9.58. The Hall–Kier alpha value is -1.92. The van der Waals surface area contributed by atoms with Gasteiger partial charge in [-0.3, -0.25) is 9.48 Å². The molecule has 3 rings (SSSR count). The third-order valence-electron chi connectivity index (χ3n) is 4.00. The monoisotopic (exact) mass is 420 g/mol. The van der Waals surface area contributed by atoms with Gasteiger partial charge in [0.25, 0.3) is 5.91 Å². The van der Waals surface area contributed by atoms with E-state index in [0.717, 1.165) is 21.2 Å². The fraction of sp³-hybridized carbons (Fsp3) is 0.278. The molecule has 0 fully saturated rings. The predicted octanol–water partition coefficient (Wildman–Crippen LogP) is 5.07. The smallest absolute Gasteiger partial charge is 0.256 e. The third-order valence-corrected chi connectivity index (χ3v) is 4.81. The number of amides is 1. The minimum atomic E-state index is -0.227. The maximum absolute atomic E-state index is 13.0. The molecule has 1 N–H and O–H groups in total. The van der Waals surface area contributed by atoms with Crippen LogP contribution in [0.15, 0.2) is 28.7 Å². The van der Waals surface area contributed by atoms with Crippen molar-refractivity contribution in [3.05, 3.63) is 50.7 Å². The molecule has 2 aromatic heterocycles. The van der Waals surface area contributed by atoms with Crippen molar-refractivity contribution < 1.29 is 4.79 Å². The number of nitrogens with zero attached hydrogens (tertiary/aromatic N) is 3. The molecular formula is C18H18BrClN4O. The molecule has 0 unspecified atom stereocenters. The quantitative estimate of drug-likeness (QED) is 0.642. The number of aromatic nitrogens is 3. The van der Waals surface area contributed by atoms with E-state index in [1.54, 1.807) is 16.8 Å². The number of rotatable bonds is 3. The number of nitrogens with one attached hydrogen (secondary N) is 1. The van der Waals surface area contributed by atoms with Crippen LogP contribution in [0, 0.1) is 6.92 Å². The first kappa shape index (κ1) is 17.9. The highest BCUT2D eigenvalue weighted by Gasteiger charge is 2.20. The van der Waals surface area contributed by atoms with Crippen LogP contribution in [0.2, 0.25) is 5.02 Å². The van der Waals surface area contributed by atoms with E-state index in [9.17, 15) is 4.79 Å². The lowest BCUT2D eigenvalue weighted by Crippen LogP contribution is -2.14. The van der Waals surface area contributed by atoms with Crippen LogP contribution in [0.5, 0.6) is 0 Å². The van der Waals surface area contributed by atoms with Crippen molar-refractivity contribution in [1.82, 2.24) is 14.8 Å². The Morgan fingerprint density at radius 3 is 2.68 bits per heavy atom. The Labute approximate surface area is 159 Å². The number of halogens is 2. The van der Waals surface area contributed by atoms with Gasteiger partial charge in [-0.1, -0.05) is 41.4 Å². The van der Waals surface area contributed by atoms with Crippen molar-refractivity contribution in [1.29, 1.82) is 0 Å². The van der Waals surface area contributed by atoms with Crippen molar-refractivity contribution in [3.8, 4) is 0 Å². The summed E-state index contributed by atoms with van der Waals surface area (Å²) in [4.78, 5) is 17.6. The van der Waals surface area contributed by atoms with Gasteiger partial charge in [-0.2, -0.15) is 5.10 Å². The van der Waals surface area contributed by atoms with Crippen LogP contribution >= 0.6 is 27.5 Å². The fourth-order valence-corrected chi connectivity index (χ4v) is 3.44. The zero-order valence-corrected chi connectivity index (χ0v) is 16.7. The average molecular weight is 422 g/mol. The van der Waals surface area contributed by atoms with Gasteiger partial charge in [-0.05, 0) is 37.1 Å². The lowest BCUT2D eigenvalue weighted by atomic mass is 10.0. The maximum Gasteiger partial charge on any atom is 0.256 e. The molecule has 0 atom stereocenters. The second-order valence-corrected chi connectivity index (χ2v) is 7.56. The summed E-state index contributed by atoms with van der Waals surface area (Å²) < 4.78 is 2.56. The summed E-state index contributed by atoms with van der Waals surface area (Å²) in [6.07, 6.45) is 0. The molecule has 3 aromatic rings. The Balaban J connectivity index is 2.11. The number of anilines is 1. The second kappa shape index (κ2) is 6.77. The molecule has 0 radical (unpaired) electrons. The summed E-state index contributed by atoms with van der Waals surface area (Å²) in [6, 6.07) is 7.18. The third kappa shape index (κ3) is 3.41. The van der Waals surface area contributed by atoms with Crippen LogP contribution in [0.4, 0.5) is 5.69 Å². The summed E-state index contributed by atoms with van der Waals surface area (Å²) in [7, 11) is 1.83. The van der Waals surface area contributed by atoms with Crippen molar-refractivity contribution in [3.63, 3.8) is 0 Å². The van der Waals surface area contributed by atoms with Gasteiger partial charge in [0.1, 0.15) is 0 Å². The van der Waals surface area contributed by atoms with Crippen LogP contribution in [0.1, 0.15) is 41.5 Å². The first-order valence-corrected chi connectivity index (χ1v) is 9.05. The highest BCUT2D eigenvalue weighted by molar-refractivity contribution is 9.10. The zero-order valence-electron chi connectivity index (χ0n) is 14.4. The predicted molar refractivity (Wildman–Crippen MR) is 104 cm³/mol. The molecule has 130 valence electrons. The molecule has 0 spiro atoms. The zero-order chi connectivity index (χ0) is 18.3. The van der Waals surface area contributed by atoms with Crippen molar-refractivity contribution in [2.24, 2.45) is 7.05 Å². The molecule has 0 aliphatic carbocycles. The molecule has 5 nitrogen and oxygen atoms in total. The van der Waals surface area contributed by atoms with Gasteiger partial charge in [-0.25, -0.2) is 4.98 Å². The highest BCUT2D eigenvalue weighted by atomic mass is 79.9. The number of hydrogen-bond acceptors (Lipinski definition) is 3. The molecule has 25 heavy (non-hydrogen) atoms. The number of hydrogen-bond donors (Lipinski definition) is 1. The number of aryl methyl sites for hydroxylation is 2. The van der Waals surface area contributed by atoms with E-state index in [2.05, 4.69) is 31.3 Å². The Morgan fingerprint density at radius 2 is 2.04 bits per heavy atom. The normalized spacial score (nSPS) is 11.3. The molecule has 0 bridgehead atoms. The van der Waals surface area contributed by atoms with Gasteiger partial charge in [0.05, 0.1) is 27.4 Å². The molecule has 0 saturated carbocycles. The number of carbonyl (C=O) groups excluding carboxylic acids is 1. The van der Waals surface area contributed by atoms with Crippen LogP contribution in [-0.2, 0) is 7.05 Å². The molecule has 1 amide bonds.